The van der Waals surface area contributed by atoms with Crippen LogP contribution in [0.15, 0.2) is 18.2 Å². The van der Waals surface area contributed by atoms with Gasteiger partial charge in [-0.2, -0.15) is 0 Å². The smallest absolute Gasteiger partial charge is 0.152 e. The number of halogens is 1. The second-order valence-corrected chi connectivity index (χ2v) is 4.71. The lowest BCUT2D eigenvalue weighted by Crippen LogP contribution is -2.37. The summed E-state index contributed by atoms with van der Waals surface area (Å²) in [5.74, 6) is 0. The molecule has 0 radical (unpaired) electrons. The van der Waals surface area contributed by atoms with E-state index in [1.165, 1.54) is 0 Å². The van der Waals surface area contributed by atoms with Crippen LogP contribution >= 0.6 is 11.6 Å². The number of carbonyl (C=O) groups is 1. The number of carbonyl (C=O) groups excluding carboxylic acids is 1. The summed E-state index contributed by atoms with van der Waals surface area (Å²) in [6, 6.07) is 5.87. The zero-order chi connectivity index (χ0) is 12.3. The molecule has 4 heteroatoms. The Morgan fingerprint density at radius 2 is 2.12 bits per heavy atom. The van der Waals surface area contributed by atoms with Gasteiger partial charge in [0.2, 0.25) is 0 Å². The van der Waals surface area contributed by atoms with Crippen LogP contribution in [0.5, 0.6) is 0 Å². The van der Waals surface area contributed by atoms with E-state index in [1.54, 1.807) is 6.07 Å². The molecule has 17 heavy (non-hydrogen) atoms. The highest BCUT2D eigenvalue weighted by molar-refractivity contribution is 6.31. The average molecular weight is 254 g/mol. The Bertz CT molecular complexity index is 402. The van der Waals surface area contributed by atoms with E-state index in [4.69, 9.17) is 16.3 Å². The number of hydrogen-bond donors (Lipinski definition) is 0. The summed E-state index contributed by atoms with van der Waals surface area (Å²) in [4.78, 5) is 13.2. The van der Waals surface area contributed by atoms with Gasteiger partial charge in [-0.05, 0) is 31.0 Å². The van der Waals surface area contributed by atoms with Gasteiger partial charge >= 0.3 is 0 Å². The Labute approximate surface area is 106 Å². The Morgan fingerprint density at radius 3 is 2.76 bits per heavy atom. The molecule has 0 aliphatic carbocycles. The van der Waals surface area contributed by atoms with Crippen LogP contribution in [0.25, 0.3) is 0 Å². The number of nitrogens with zero attached hydrogens (tertiary/aromatic N) is 1. The van der Waals surface area contributed by atoms with Crippen LogP contribution in [0.4, 0.5) is 5.69 Å². The molecular weight excluding hydrogens is 238 g/mol. The highest BCUT2D eigenvalue weighted by Crippen LogP contribution is 2.26. The molecule has 0 unspecified atom stereocenters. The summed E-state index contributed by atoms with van der Waals surface area (Å²) in [6.07, 6.45) is 2.85. The van der Waals surface area contributed by atoms with E-state index >= 15 is 0 Å². The minimum absolute atomic E-state index is 0.434. The van der Waals surface area contributed by atoms with Crippen LogP contribution in [0.1, 0.15) is 23.2 Å². The largest absolute Gasteiger partial charge is 0.381 e. The highest BCUT2D eigenvalue weighted by atomic mass is 35.5. The molecule has 0 N–H and O–H groups in total. The second kappa shape index (κ2) is 5.52. The third-order valence-electron chi connectivity index (χ3n) is 3.24. The number of hydrogen-bond acceptors (Lipinski definition) is 3. The predicted molar refractivity (Wildman–Crippen MR) is 69.1 cm³/mol. The third kappa shape index (κ3) is 2.79. The van der Waals surface area contributed by atoms with Crippen molar-refractivity contribution < 1.29 is 9.53 Å². The standard InChI is InChI=1S/C13H16ClNO2/c1-15(12-4-6-17-7-5-12)13-3-2-11(14)8-10(13)9-16/h2-3,8-9,12H,4-7H2,1H3. The first-order valence-electron chi connectivity index (χ1n) is 5.77. The normalized spacial score (nSPS) is 16.8. The molecule has 0 saturated carbocycles. The molecule has 1 aromatic carbocycles. The van der Waals surface area contributed by atoms with Crippen LogP contribution in [-0.2, 0) is 4.74 Å². The number of benzene rings is 1. The quantitative estimate of drug-likeness (QED) is 0.776. The zero-order valence-electron chi connectivity index (χ0n) is 9.86. The van der Waals surface area contributed by atoms with Gasteiger partial charge in [-0.3, -0.25) is 4.79 Å². The molecule has 1 saturated heterocycles. The number of ether oxygens (including phenoxy) is 1. The van der Waals surface area contributed by atoms with E-state index in [9.17, 15) is 4.79 Å². The average Bonchev–Trinajstić information content (AvgIpc) is 2.39. The van der Waals surface area contributed by atoms with Crippen LogP contribution in [0.2, 0.25) is 5.02 Å². The van der Waals surface area contributed by atoms with Crippen LogP contribution in [0, 0.1) is 0 Å². The summed E-state index contributed by atoms with van der Waals surface area (Å²) in [6.45, 7) is 1.58. The SMILES string of the molecule is CN(c1ccc(Cl)cc1C=O)C1CCOCC1. The third-order valence-corrected chi connectivity index (χ3v) is 3.47. The maximum Gasteiger partial charge on any atom is 0.152 e. The molecule has 0 atom stereocenters. The van der Waals surface area contributed by atoms with Crippen LogP contribution < -0.4 is 4.90 Å². The first-order chi connectivity index (χ1) is 8.22. The van der Waals surface area contributed by atoms with Gasteiger partial charge in [0, 0.05) is 42.6 Å². The molecule has 1 aliphatic heterocycles. The fraction of sp³-hybridized carbons (Fsp3) is 0.462. The fourth-order valence-corrected chi connectivity index (χ4v) is 2.39. The van der Waals surface area contributed by atoms with Crippen molar-refractivity contribution in [3.63, 3.8) is 0 Å². The molecule has 0 bridgehead atoms. The minimum atomic E-state index is 0.434. The van der Waals surface area contributed by atoms with Crippen LogP contribution in [0.3, 0.4) is 0 Å². The van der Waals surface area contributed by atoms with Gasteiger partial charge in [0.25, 0.3) is 0 Å². The Balaban J connectivity index is 2.22. The number of anilines is 1. The zero-order valence-corrected chi connectivity index (χ0v) is 10.6. The van der Waals surface area contributed by atoms with E-state index in [0.29, 0.717) is 16.6 Å². The molecule has 1 heterocycles. The lowest BCUT2D eigenvalue weighted by Gasteiger charge is -2.33. The first kappa shape index (κ1) is 12.4. The summed E-state index contributed by atoms with van der Waals surface area (Å²) in [7, 11) is 2.02. The molecule has 0 amide bonds. The van der Waals surface area contributed by atoms with Crippen molar-refractivity contribution in [3.05, 3.63) is 28.8 Å². The Hall–Kier alpha value is -1.06. The molecule has 0 spiro atoms. The van der Waals surface area contributed by atoms with E-state index < -0.39 is 0 Å². The van der Waals surface area contributed by atoms with E-state index in [2.05, 4.69) is 4.90 Å². The number of aldehydes is 1. The van der Waals surface area contributed by atoms with Crippen molar-refractivity contribution in [2.24, 2.45) is 0 Å². The molecule has 1 fully saturated rings. The predicted octanol–water partition coefficient (Wildman–Crippen LogP) is 2.77. The monoisotopic (exact) mass is 253 g/mol. The fourth-order valence-electron chi connectivity index (χ4n) is 2.21. The maximum absolute atomic E-state index is 11.1. The van der Waals surface area contributed by atoms with Gasteiger partial charge in [0.15, 0.2) is 6.29 Å². The molecular formula is C13H16ClNO2. The first-order valence-corrected chi connectivity index (χ1v) is 6.15. The Morgan fingerprint density at radius 1 is 1.41 bits per heavy atom. The summed E-state index contributed by atoms with van der Waals surface area (Å²) in [5.41, 5.74) is 1.59. The van der Waals surface area contributed by atoms with E-state index in [-0.39, 0.29) is 0 Å². The van der Waals surface area contributed by atoms with Crippen molar-refractivity contribution in [2.45, 2.75) is 18.9 Å². The van der Waals surface area contributed by atoms with Crippen molar-refractivity contribution >= 4 is 23.6 Å². The lowest BCUT2D eigenvalue weighted by molar-refractivity contribution is 0.0854. The van der Waals surface area contributed by atoms with Gasteiger partial charge < -0.3 is 9.64 Å². The second-order valence-electron chi connectivity index (χ2n) is 4.28. The molecule has 0 aromatic heterocycles. The Kier molecular flexibility index (Phi) is 4.02. The van der Waals surface area contributed by atoms with E-state index in [0.717, 1.165) is 38.0 Å². The van der Waals surface area contributed by atoms with Gasteiger partial charge in [-0.15, -0.1) is 0 Å². The highest BCUT2D eigenvalue weighted by Gasteiger charge is 2.20. The van der Waals surface area contributed by atoms with Crippen molar-refractivity contribution in [2.75, 3.05) is 25.2 Å². The lowest BCUT2D eigenvalue weighted by atomic mass is 10.1. The van der Waals surface area contributed by atoms with E-state index in [1.807, 2.05) is 19.2 Å². The van der Waals surface area contributed by atoms with Gasteiger partial charge in [0.05, 0.1) is 0 Å². The molecule has 1 aromatic rings. The molecule has 1 aliphatic rings. The van der Waals surface area contributed by atoms with Crippen molar-refractivity contribution in [1.29, 1.82) is 0 Å². The number of rotatable bonds is 3. The topological polar surface area (TPSA) is 29.5 Å². The van der Waals surface area contributed by atoms with Gasteiger partial charge in [-0.25, -0.2) is 0 Å². The van der Waals surface area contributed by atoms with Crippen LogP contribution in [-0.4, -0.2) is 32.6 Å². The maximum atomic E-state index is 11.1. The van der Waals surface area contributed by atoms with Gasteiger partial charge in [0.1, 0.15) is 0 Å². The summed E-state index contributed by atoms with van der Waals surface area (Å²) < 4.78 is 5.34. The molecule has 2 rings (SSSR count). The van der Waals surface area contributed by atoms with Crippen molar-refractivity contribution in [1.82, 2.24) is 0 Å². The molecule has 3 nitrogen and oxygen atoms in total. The molecule has 92 valence electrons. The summed E-state index contributed by atoms with van der Waals surface area (Å²) >= 11 is 5.89. The van der Waals surface area contributed by atoms with Gasteiger partial charge in [-0.1, -0.05) is 11.6 Å². The van der Waals surface area contributed by atoms with Crippen molar-refractivity contribution in [3.8, 4) is 0 Å². The minimum Gasteiger partial charge on any atom is -0.381 e. The summed E-state index contributed by atoms with van der Waals surface area (Å²) in [5, 5.41) is 0.594.